The Morgan fingerprint density at radius 2 is 1.52 bits per heavy atom. The van der Waals surface area contributed by atoms with Crippen molar-refractivity contribution < 1.29 is 28.6 Å². The molecule has 8 nitrogen and oxygen atoms in total. The maximum Gasteiger partial charge on any atom is 0.326 e. The molecule has 0 radical (unpaired) electrons. The van der Waals surface area contributed by atoms with Crippen molar-refractivity contribution >= 4 is 23.5 Å². The van der Waals surface area contributed by atoms with Crippen molar-refractivity contribution in [1.29, 1.82) is 0 Å². The highest BCUT2D eigenvalue weighted by Gasteiger charge is 2.25. The van der Waals surface area contributed by atoms with Crippen LogP contribution >= 0.6 is 0 Å². The summed E-state index contributed by atoms with van der Waals surface area (Å²) in [5, 5.41) is 5.15. The van der Waals surface area contributed by atoms with Crippen molar-refractivity contribution in [2.45, 2.75) is 6.10 Å². The number of ether oxygens (including phenoxy) is 3. The lowest BCUT2D eigenvalue weighted by atomic mass is 10.1. The molecule has 1 atom stereocenters. The number of nitrogens with one attached hydrogen (secondary N) is 2. The lowest BCUT2D eigenvalue weighted by molar-refractivity contribution is -0.154. The fourth-order valence-electron chi connectivity index (χ4n) is 2.87. The number of rotatable bonds is 10. The molecule has 0 fully saturated rings. The van der Waals surface area contributed by atoms with Gasteiger partial charge in [-0.25, -0.2) is 0 Å². The van der Waals surface area contributed by atoms with Crippen LogP contribution in [0.1, 0.15) is 11.7 Å². The molecule has 0 aromatic heterocycles. The number of anilines is 1. The Labute approximate surface area is 191 Å². The normalized spacial score (nSPS) is 11.1. The molecule has 0 aliphatic heterocycles. The summed E-state index contributed by atoms with van der Waals surface area (Å²) < 4.78 is 15.9. The van der Waals surface area contributed by atoms with Crippen LogP contribution in [-0.2, 0) is 19.1 Å². The molecule has 0 heterocycles. The molecule has 0 saturated heterocycles. The van der Waals surface area contributed by atoms with E-state index in [4.69, 9.17) is 14.2 Å². The van der Waals surface area contributed by atoms with E-state index in [0.717, 1.165) is 0 Å². The Hall–Kier alpha value is -4.33. The number of benzene rings is 3. The van der Waals surface area contributed by atoms with Crippen LogP contribution in [0.4, 0.5) is 5.69 Å². The summed E-state index contributed by atoms with van der Waals surface area (Å²) in [5.74, 6) is -0.692. The number of hydrogen-bond acceptors (Lipinski definition) is 6. The van der Waals surface area contributed by atoms with Crippen molar-refractivity contribution in [3.05, 3.63) is 90.5 Å². The predicted molar refractivity (Wildman–Crippen MR) is 122 cm³/mol. The Balaban J connectivity index is 1.58. The van der Waals surface area contributed by atoms with Crippen LogP contribution in [0.5, 0.6) is 11.5 Å². The summed E-state index contributed by atoms with van der Waals surface area (Å²) >= 11 is 0. The lowest BCUT2D eigenvalue weighted by Gasteiger charge is -2.18. The van der Waals surface area contributed by atoms with Gasteiger partial charge in [-0.2, -0.15) is 0 Å². The van der Waals surface area contributed by atoms with Gasteiger partial charge in [0.1, 0.15) is 18.0 Å². The molecule has 2 amide bonds. The van der Waals surface area contributed by atoms with Crippen molar-refractivity contribution in [2.24, 2.45) is 0 Å². The lowest BCUT2D eigenvalue weighted by Crippen LogP contribution is -2.36. The molecule has 33 heavy (non-hydrogen) atoms. The molecular formula is C25H24N2O6. The third kappa shape index (κ3) is 7.39. The zero-order valence-corrected chi connectivity index (χ0v) is 18.0. The SMILES string of the molecule is COc1cccc(NC(=O)C(OC(=O)CNC(=O)COc2ccccc2)c2ccccc2)c1. The van der Waals surface area contributed by atoms with Crippen LogP contribution in [-0.4, -0.2) is 38.0 Å². The second kappa shape index (κ2) is 11.9. The standard InChI is InChI=1S/C25H24N2O6/c1-31-21-14-8-11-19(15-21)27-25(30)24(18-9-4-2-5-10-18)33-23(29)16-26-22(28)17-32-20-12-6-3-7-13-20/h2-15,24H,16-17H2,1H3,(H,26,28)(H,27,30). The molecular weight excluding hydrogens is 424 g/mol. The van der Waals surface area contributed by atoms with Crippen LogP contribution < -0.4 is 20.1 Å². The van der Waals surface area contributed by atoms with Crippen molar-refractivity contribution in [1.82, 2.24) is 5.32 Å². The number of methoxy groups -OCH3 is 1. The molecule has 0 spiro atoms. The largest absolute Gasteiger partial charge is 0.497 e. The third-order valence-corrected chi connectivity index (χ3v) is 4.47. The van der Waals surface area contributed by atoms with Crippen molar-refractivity contribution in [3.8, 4) is 11.5 Å². The molecule has 3 aromatic rings. The highest BCUT2D eigenvalue weighted by molar-refractivity contribution is 5.96. The molecule has 0 aliphatic carbocycles. The van der Waals surface area contributed by atoms with E-state index in [1.807, 2.05) is 6.07 Å². The number of hydrogen-bond donors (Lipinski definition) is 2. The van der Waals surface area contributed by atoms with Gasteiger partial charge in [-0.15, -0.1) is 0 Å². The van der Waals surface area contributed by atoms with E-state index >= 15 is 0 Å². The Morgan fingerprint density at radius 1 is 0.848 bits per heavy atom. The zero-order chi connectivity index (χ0) is 23.5. The van der Waals surface area contributed by atoms with Crippen LogP contribution in [0, 0.1) is 0 Å². The second-order valence-corrected chi connectivity index (χ2v) is 6.88. The van der Waals surface area contributed by atoms with E-state index in [2.05, 4.69) is 10.6 Å². The van der Waals surface area contributed by atoms with E-state index in [0.29, 0.717) is 22.7 Å². The minimum absolute atomic E-state index is 0.254. The number of esters is 1. The van der Waals surface area contributed by atoms with Gasteiger partial charge in [-0.3, -0.25) is 14.4 Å². The molecule has 1 unspecified atom stereocenters. The number of para-hydroxylation sites is 1. The maximum absolute atomic E-state index is 12.9. The average molecular weight is 448 g/mol. The van der Waals surface area contributed by atoms with E-state index in [-0.39, 0.29) is 6.61 Å². The predicted octanol–water partition coefficient (Wildman–Crippen LogP) is 3.11. The smallest absolute Gasteiger partial charge is 0.326 e. The summed E-state index contributed by atoms with van der Waals surface area (Å²) in [6.07, 6.45) is -1.21. The van der Waals surface area contributed by atoms with Crippen LogP contribution in [0.25, 0.3) is 0 Å². The number of carbonyl (C=O) groups is 3. The summed E-state index contributed by atoms with van der Waals surface area (Å²) in [4.78, 5) is 37.3. The average Bonchev–Trinajstić information content (AvgIpc) is 2.86. The van der Waals surface area contributed by atoms with E-state index < -0.39 is 30.4 Å². The van der Waals surface area contributed by atoms with E-state index in [9.17, 15) is 14.4 Å². The first kappa shape index (κ1) is 23.3. The summed E-state index contributed by atoms with van der Waals surface area (Å²) in [5.41, 5.74) is 0.979. The Kier molecular flexibility index (Phi) is 8.41. The maximum atomic E-state index is 12.9. The zero-order valence-electron chi connectivity index (χ0n) is 18.0. The molecule has 0 bridgehead atoms. The molecule has 8 heteroatoms. The minimum Gasteiger partial charge on any atom is -0.497 e. The molecule has 3 aromatic carbocycles. The Morgan fingerprint density at radius 3 is 2.21 bits per heavy atom. The first-order chi connectivity index (χ1) is 16.0. The second-order valence-electron chi connectivity index (χ2n) is 6.88. The van der Waals surface area contributed by atoms with E-state index in [1.165, 1.54) is 7.11 Å². The van der Waals surface area contributed by atoms with Crippen LogP contribution in [0.2, 0.25) is 0 Å². The topological polar surface area (TPSA) is 103 Å². The molecule has 170 valence electrons. The monoisotopic (exact) mass is 448 g/mol. The molecule has 0 saturated carbocycles. The quantitative estimate of drug-likeness (QED) is 0.462. The summed E-state index contributed by atoms with van der Waals surface area (Å²) in [6.45, 7) is -0.664. The number of carbonyl (C=O) groups excluding carboxylic acids is 3. The fourth-order valence-corrected chi connectivity index (χ4v) is 2.87. The number of amides is 2. The summed E-state index contributed by atoms with van der Waals surface area (Å²) in [6, 6.07) is 24.2. The van der Waals surface area contributed by atoms with Crippen LogP contribution in [0.3, 0.4) is 0 Å². The minimum atomic E-state index is -1.21. The highest BCUT2D eigenvalue weighted by atomic mass is 16.5. The van der Waals surface area contributed by atoms with Gasteiger partial charge in [0.25, 0.3) is 11.8 Å². The summed E-state index contributed by atoms with van der Waals surface area (Å²) in [7, 11) is 1.52. The van der Waals surface area contributed by atoms with Crippen molar-refractivity contribution in [2.75, 3.05) is 25.6 Å². The fraction of sp³-hybridized carbons (Fsp3) is 0.160. The highest BCUT2D eigenvalue weighted by Crippen LogP contribution is 2.22. The van der Waals surface area contributed by atoms with Gasteiger partial charge >= 0.3 is 5.97 Å². The van der Waals surface area contributed by atoms with Gasteiger partial charge in [-0.05, 0) is 24.3 Å². The van der Waals surface area contributed by atoms with Gasteiger partial charge in [-0.1, -0.05) is 54.6 Å². The third-order valence-electron chi connectivity index (χ3n) is 4.47. The molecule has 2 N–H and O–H groups in total. The molecule has 3 rings (SSSR count). The first-order valence-corrected chi connectivity index (χ1v) is 10.2. The van der Waals surface area contributed by atoms with Gasteiger partial charge in [0.15, 0.2) is 6.61 Å². The first-order valence-electron chi connectivity index (χ1n) is 10.2. The van der Waals surface area contributed by atoms with Gasteiger partial charge < -0.3 is 24.8 Å². The van der Waals surface area contributed by atoms with Gasteiger partial charge in [0.2, 0.25) is 6.10 Å². The van der Waals surface area contributed by atoms with Gasteiger partial charge in [0, 0.05) is 17.3 Å². The van der Waals surface area contributed by atoms with Crippen molar-refractivity contribution in [3.63, 3.8) is 0 Å². The van der Waals surface area contributed by atoms with Crippen LogP contribution in [0.15, 0.2) is 84.9 Å². The van der Waals surface area contributed by atoms with E-state index in [1.54, 1.807) is 78.9 Å². The van der Waals surface area contributed by atoms with Gasteiger partial charge in [0.05, 0.1) is 7.11 Å². The Bertz CT molecular complexity index is 1070. The molecule has 0 aliphatic rings.